The Morgan fingerprint density at radius 3 is 2.52 bits per heavy atom. The lowest BCUT2D eigenvalue weighted by Crippen LogP contribution is -2.45. The highest BCUT2D eigenvalue weighted by molar-refractivity contribution is 6.32. The zero-order chi connectivity index (χ0) is 18.9. The smallest absolute Gasteiger partial charge is 0.340 e. The first-order valence-electron chi connectivity index (χ1n) is 7.58. The van der Waals surface area contributed by atoms with Crippen molar-refractivity contribution in [2.45, 2.75) is 33.2 Å². The van der Waals surface area contributed by atoms with Crippen molar-refractivity contribution in [1.82, 2.24) is 5.32 Å². The number of rotatable bonds is 5. The molecule has 1 aromatic carbocycles. The number of aromatic hydroxyl groups is 1. The van der Waals surface area contributed by atoms with Crippen LogP contribution in [0.25, 0.3) is 11.0 Å². The van der Waals surface area contributed by atoms with Gasteiger partial charge >= 0.3 is 11.6 Å². The van der Waals surface area contributed by atoms with E-state index in [2.05, 4.69) is 5.32 Å². The number of benzene rings is 1. The van der Waals surface area contributed by atoms with Gasteiger partial charge in [0.05, 0.1) is 17.0 Å². The van der Waals surface area contributed by atoms with Gasteiger partial charge in [0.15, 0.2) is 0 Å². The zero-order valence-corrected chi connectivity index (χ0v) is 14.7. The minimum atomic E-state index is -1.15. The highest BCUT2D eigenvalue weighted by atomic mass is 35.5. The van der Waals surface area contributed by atoms with Crippen LogP contribution < -0.4 is 10.9 Å². The molecule has 2 aromatic rings. The molecule has 134 valence electrons. The first kappa shape index (κ1) is 18.8. The minimum absolute atomic E-state index is 0.0885. The van der Waals surface area contributed by atoms with Crippen molar-refractivity contribution in [3.63, 3.8) is 0 Å². The molecular formula is C17H18ClNO6. The Morgan fingerprint density at radius 2 is 1.96 bits per heavy atom. The van der Waals surface area contributed by atoms with Gasteiger partial charge in [-0.05, 0) is 24.5 Å². The monoisotopic (exact) mass is 367 g/mol. The van der Waals surface area contributed by atoms with Crippen LogP contribution in [0.3, 0.4) is 0 Å². The average molecular weight is 368 g/mol. The number of fused-ring (bicyclic) bond motifs is 1. The van der Waals surface area contributed by atoms with Crippen molar-refractivity contribution in [2.24, 2.45) is 5.92 Å². The topological polar surface area (TPSA) is 117 Å². The Kier molecular flexibility index (Phi) is 5.37. The van der Waals surface area contributed by atoms with Crippen LogP contribution in [0.15, 0.2) is 21.3 Å². The summed E-state index contributed by atoms with van der Waals surface area (Å²) in [5.41, 5.74) is 0.0248. The highest BCUT2D eigenvalue weighted by Gasteiger charge is 2.24. The van der Waals surface area contributed by atoms with Crippen LogP contribution in [0.2, 0.25) is 5.02 Å². The Hall–Kier alpha value is -2.54. The molecule has 0 aliphatic rings. The quantitative estimate of drug-likeness (QED) is 0.697. The van der Waals surface area contributed by atoms with Crippen molar-refractivity contribution in [2.75, 3.05) is 0 Å². The summed E-state index contributed by atoms with van der Waals surface area (Å²) in [5.74, 6) is -2.27. The minimum Gasteiger partial charge on any atom is -0.506 e. The number of carbonyl (C=O) groups is 2. The Labute approximate surface area is 148 Å². The van der Waals surface area contributed by atoms with Gasteiger partial charge in [0.2, 0.25) is 5.91 Å². The maximum atomic E-state index is 12.2. The van der Waals surface area contributed by atoms with Crippen molar-refractivity contribution in [3.05, 3.63) is 38.7 Å². The van der Waals surface area contributed by atoms with Gasteiger partial charge < -0.3 is 19.9 Å². The van der Waals surface area contributed by atoms with E-state index in [4.69, 9.17) is 21.1 Å². The van der Waals surface area contributed by atoms with Crippen LogP contribution in [-0.2, 0) is 16.0 Å². The third-order valence-corrected chi connectivity index (χ3v) is 4.24. The molecule has 0 aliphatic heterocycles. The molecule has 1 aromatic heterocycles. The SMILES string of the molecule is Cc1c(CC(=O)N[C@H](C(=O)O)C(C)C)c(=O)oc2cc(O)c(Cl)cc12. The van der Waals surface area contributed by atoms with Crippen LogP contribution in [0.4, 0.5) is 0 Å². The number of carbonyl (C=O) groups excluding carboxylic acids is 1. The van der Waals surface area contributed by atoms with Gasteiger partial charge in [0.1, 0.15) is 17.4 Å². The predicted octanol–water partition coefficient (Wildman–Crippen LogP) is 2.23. The number of carboxylic acid groups (broad SMARTS) is 1. The first-order chi connectivity index (χ1) is 11.6. The van der Waals surface area contributed by atoms with Gasteiger partial charge in [-0.25, -0.2) is 9.59 Å². The van der Waals surface area contributed by atoms with Crippen LogP contribution in [0, 0.1) is 12.8 Å². The molecule has 0 spiro atoms. The lowest BCUT2D eigenvalue weighted by atomic mass is 10.0. The van der Waals surface area contributed by atoms with Gasteiger partial charge in [-0.2, -0.15) is 0 Å². The molecule has 0 aliphatic carbocycles. The zero-order valence-electron chi connectivity index (χ0n) is 13.9. The summed E-state index contributed by atoms with van der Waals surface area (Å²) in [5, 5.41) is 21.7. The molecule has 0 saturated carbocycles. The molecule has 0 fully saturated rings. The molecule has 0 bridgehead atoms. The molecule has 0 saturated heterocycles. The molecule has 3 N–H and O–H groups in total. The number of phenols is 1. The molecule has 1 amide bonds. The number of aliphatic carboxylic acids is 1. The van der Waals surface area contributed by atoms with Crippen molar-refractivity contribution < 1.29 is 24.2 Å². The van der Waals surface area contributed by atoms with E-state index in [-0.39, 0.29) is 34.3 Å². The molecule has 25 heavy (non-hydrogen) atoms. The van der Waals surface area contributed by atoms with E-state index >= 15 is 0 Å². The first-order valence-corrected chi connectivity index (χ1v) is 7.96. The highest BCUT2D eigenvalue weighted by Crippen LogP contribution is 2.30. The standard InChI is InChI=1S/C17H18ClNO6/c1-7(2)15(16(22)23)19-14(21)5-10-8(3)9-4-11(18)12(20)6-13(9)25-17(10)24/h4,6-7,15,20H,5H2,1-3H3,(H,19,21)(H,22,23)/t15-/m0/s1. The van der Waals surface area contributed by atoms with Gasteiger partial charge in [0.25, 0.3) is 0 Å². The van der Waals surface area contributed by atoms with Gasteiger partial charge in [-0.15, -0.1) is 0 Å². The summed E-state index contributed by atoms with van der Waals surface area (Å²) in [7, 11) is 0. The summed E-state index contributed by atoms with van der Waals surface area (Å²) in [4.78, 5) is 35.5. The van der Waals surface area contributed by atoms with E-state index in [9.17, 15) is 19.5 Å². The van der Waals surface area contributed by atoms with Crippen LogP contribution >= 0.6 is 11.6 Å². The fraction of sp³-hybridized carbons (Fsp3) is 0.353. The lowest BCUT2D eigenvalue weighted by molar-refractivity contribution is -0.143. The number of phenolic OH excluding ortho intramolecular Hbond substituents is 1. The molecular weight excluding hydrogens is 350 g/mol. The molecule has 2 rings (SSSR count). The van der Waals surface area contributed by atoms with E-state index in [0.717, 1.165) is 0 Å². The second-order valence-electron chi connectivity index (χ2n) is 6.10. The summed E-state index contributed by atoms with van der Waals surface area (Å²) in [6.07, 6.45) is -0.320. The van der Waals surface area contributed by atoms with Crippen molar-refractivity contribution in [1.29, 1.82) is 0 Å². The van der Waals surface area contributed by atoms with E-state index < -0.39 is 23.5 Å². The van der Waals surface area contributed by atoms with Crippen LogP contribution in [0.1, 0.15) is 25.0 Å². The third-order valence-electron chi connectivity index (χ3n) is 3.94. The van der Waals surface area contributed by atoms with Crippen molar-refractivity contribution >= 4 is 34.4 Å². The molecule has 1 atom stereocenters. The van der Waals surface area contributed by atoms with Gasteiger partial charge in [-0.1, -0.05) is 25.4 Å². The van der Waals surface area contributed by atoms with Gasteiger partial charge in [0, 0.05) is 11.5 Å². The second kappa shape index (κ2) is 7.14. The van der Waals surface area contributed by atoms with Crippen LogP contribution in [-0.4, -0.2) is 28.1 Å². The maximum absolute atomic E-state index is 12.2. The lowest BCUT2D eigenvalue weighted by Gasteiger charge is -2.18. The molecule has 0 radical (unpaired) electrons. The number of hydrogen-bond donors (Lipinski definition) is 3. The fourth-order valence-corrected chi connectivity index (χ4v) is 2.66. The number of aryl methyl sites for hydroxylation is 1. The largest absolute Gasteiger partial charge is 0.506 e. The molecule has 0 unspecified atom stereocenters. The van der Waals surface area contributed by atoms with E-state index in [1.807, 2.05) is 0 Å². The van der Waals surface area contributed by atoms with Crippen molar-refractivity contribution in [3.8, 4) is 5.75 Å². The number of halogens is 1. The number of nitrogens with one attached hydrogen (secondary N) is 1. The molecule has 1 heterocycles. The van der Waals surface area contributed by atoms with Crippen LogP contribution in [0.5, 0.6) is 5.75 Å². The Morgan fingerprint density at radius 1 is 1.32 bits per heavy atom. The third kappa shape index (κ3) is 3.93. The number of hydrogen-bond acceptors (Lipinski definition) is 5. The van der Waals surface area contributed by atoms with E-state index in [1.54, 1.807) is 20.8 Å². The summed E-state index contributed by atoms with van der Waals surface area (Å²) in [6.45, 7) is 4.97. The van der Waals surface area contributed by atoms with Gasteiger partial charge in [-0.3, -0.25) is 4.79 Å². The number of amides is 1. The molecule has 8 heteroatoms. The fourth-order valence-electron chi connectivity index (χ4n) is 2.50. The molecule has 7 nitrogen and oxygen atoms in total. The van der Waals surface area contributed by atoms with E-state index in [1.165, 1.54) is 12.1 Å². The summed E-state index contributed by atoms with van der Waals surface area (Å²) in [6, 6.07) is 1.63. The Bertz CT molecular complexity index is 902. The van der Waals surface area contributed by atoms with E-state index in [0.29, 0.717) is 10.9 Å². The second-order valence-corrected chi connectivity index (χ2v) is 6.50. The predicted molar refractivity (Wildman–Crippen MR) is 92.0 cm³/mol. The Balaban J connectivity index is 2.38. The maximum Gasteiger partial charge on any atom is 0.340 e. The summed E-state index contributed by atoms with van der Waals surface area (Å²) < 4.78 is 5.14. The summed E-state index contributed by atoms with van der Waals surface area (Å²) >= 11 is 5.88. The number of carboxylic acids is 1. The average Bonchev–Trinajstić information content (AvgIpc) is 2.51. The normalized spacial score (nSPS) is 12.4.